The molecule has 0 aromatic heterocycles. The first-order valence-electron chi connectivity index (χ1n) is 11.1. The van der Waals surface area contributed by atoms with Gasteiger partial charge < -0.3 is 20.8 Å². The molecular formula is C21H37N4O7P. The van der Waals surface area contributed by atoms with E-state index in [2.05, 4.69) is 16.0 Å². The number of amides is 5. The number of carbonyl (C=O) groups is 5. The SMILES string of the molecule is CNC(=O)[C@H](CC(C)C)NC(=O)[C@H](CC(C)C)CP(=O)(O)CN1C(=O)C[C@@H](NC(C)=O)C1=O. The second kappa shape index (κ2) is 12.3. The Labute approximate surface area is 194 Å². The Bertz CT molecular complexity index is 814. The van der Waals surface area contributed by atoms with Gasteiger partial charge in [-0.2, -0.15) is 0 Å². The van der Waals surface area contributed by atoms with Crippen LogP contribution in [0.3, 0.4) is 0 Å². The summed E-state index contributed by atoms with van der Waals surface area (Å²) in [5.41, 5.74) is 0. The maximum absolute atomic E-state index is 13.0. The van der Waals surface area contributed by atoms with E-state index in [4.69, 9.17) is 0 Å². The molecule has 4 atom stereocenters. The van der Waals surface area contributed by atoms with Crippen molar-refractivity contribution >= 4 is 36.9 Å². The molecule has 4 N–H and O–H groups in total. The smallest absolute Gasteiger partial charge is 0.252 e. The highest BCUT2D eigenvalue weighted by atomic mass is 31.2. The van der Waals surface area contributed by atoms with E-state index in [1.54, 1.807) is 0 Å². The lowest BCUT2D eigenvalue weighted by Gasteiger charge is -2.26. The Kier molecular flexibility index (Phi) is 10.7. The maximum atomic E-state index is 13.0. The van der Waals surface area contributed by atoms with Crippen molar-refractivity contribution in [2.75, 3.05) is 19.5 Å². The van der Waals surface area contributed by atoms with Gasteiger partial charge in [-0.1, -0.05) is 27.7 Å². The van der Waals surface area contributed by atoms with E-state index in [0.29, 0.717) is 11.3 Å². The molecule has 1 fully saturated rings. The Hall–Kier alpha value is -2.26. The summed E-state index contributed by atoms with van der Waals surface area (Å²) >= 11 is 0. The minimum Gasteiger partial charge on any atom is -0.357 e. The van der Waals surface area contributed by atoms with Crippen molar-refractivity contribution in [3.05, 3.63) is 0 Å². The second-order valence-corrected chi connectivity index (χ2v) is 11.8. The number of carbonyl (C=O) groups excluding carboxylic acids is 5. The molecule has 0 radical (unpaired) electrons. The number of likely N-dealkylation sites (tertiary alicyclic amines) is 1. The first-order valence-corrected chi connectivity index (χ1v) is 13.1. The number of nitrogens with zero attached hydrogens (tertiary/aromatic N) is 1. The van der Waals surface area contributed by atoms with Crippen LogP contribution in [0, 0.1) is 17.8 Å². The minimum atomic E-state index is -4.13. The zero-order valence-corrected chi connectivity index (χ0v) is 21.1. The Morgan fingerprint density at radius 3 is 2.15 bits per heavy atom. The highest BCUT2D eigenvalue weighted by Gasteiger charge is 2.43. The van der Waals surface area contributed by atoms with Gasteiger partial charge in [-0.05, 0) is 24.7 Å². The molecule has 188 valence electrons. The van der Waals surface area contributed by atoms with Crippen LogP contribution in [0.4, 0.5) is 0 Å². The molecular weight excluding hydrogens is 451 g/mol. The Morgan fingerprint density at radius 1 is 1.09 bits per heavy atom. The Balaban J connectivity index is 2.97. The molecule has 0 bridgehead atoms. The monoisotopic (exact) mass is 488 g/mol. The van der Waals surface area contributed by atoms with Crippen LogP contribution in [0.1, 0.15) is 53.9 Å². The van der Waals surface area contributed by atoms with Gasteiger partial charge in [0.05, 0.1) is 6.42 Å². The summed E-state index contributed by atoms with van der Waals surface area (Å²) in [6, 6.07) is -1.84. The van der Waals surface area contributed by atoms with Gasteiger partial charge in [0.2, 0.25) is 31.0 Å². The van der Waals surface area contributed by atoms with Gasteiger partial charge in [0.15, 0.2) is 0 Å². The summed E-state index contributed by atoms with van der Waals surface area (Å²) in [5.74, 6) is -3.52. The van der Waals surface area contributed by atoms with Crippen LogP contribution < -0.4 is 16.0 Å². The molecule has 0 spiro atoms. The summed E-state index contributed by atoms with van der Waals surface area (Å²) in [5, 5.41) is 7.55. The van der Waals surface area contributed by atoms with Gasteiger partial charge in [0.1, 0.15) is 18.4 Å². The second-order valence-electron chi connectivity index (χ2n) is 9.42. The molecule has 1 aliphatic heterocycles. The Morgan fingerprint density at radius 2 is 1.67 bits per heavy atom. The van der Waals surface area contributed by atoms with Crippen molar-refractivity contribution in [2.24, 2.45) is 17.8 Å². The highest BCUT2D eigenvalue weighted by molar-refractivity contribution is 7.58. The largest absolute Gasteiger partial charge is 0.357 e. The number of nitrogens with one attached hydrogen (secondary N) is 3. The van der Waals surface area contributed by atoms with Gasteiger partial charge in [-0.25, -0.2) is 0 Å². The molecule has 33 heavy (non-hydrogen) atoms. The van der Waals surface area contributed by atoms with Crippen molar-refractivity contribution in [3.8, 4) is 0 Å². The fraction of sp³-hybridized carbons (Fsp3) is 0.762. The van der Waals surface area contributed by atoms with Crippen LogP contribution in [-0.2, 0) is 28.5 Å². The molecule has 1 heterocycles. The summed E-state index contributed by atoms with van der Waals surface area (Å²) in [6.07, 6.45) is -0.765. The normalized spacial score (nSPS) is 19.9. The molecule has 0 aromatic carbocycles. The summed E-state index contributed by atoms with van der Waals surface area (Å²) in [6.45, 7) is 8.75. The molecule has 0 aromatic rings. The van der Waals surface area contributed by atoms with Crippen molar-refractivity contribution in [1.82, 2.24) is 20.9 Å². The van der Waals surface area contributed by atoms with Crippen molar-refractivity contribution in [3.63, 3.8) is 0 Å². The summed E-state index contributed by atoms with van der Waals surface area (Å²) < 4.78 is 13.0. The fourth-order valence-corrected chi connectivity index (χ4v) is 5.67. The number of hydrogen-bond donors (Lipinski definition) is 4. The lowest BCUT2D eigenvalue weighted by atomic mass is 9.96. The van der Waals surface area contributed by atoms with Crippen LogP contribution in [0.2, 0.25) is 0 Å². The third-order valence-corrected chi connectivity index (χ3v) is 6.94. The number of imide groups is 1. The zero-order chi connectivity index (χ0) is 25.5. The van der Waals surface area contributed by atoms with E-state index < -0.39 is 61.4 Å². The predicted octanol–water partition coefficient (Wildman–Crippen LogP) is 0.417. The molecule has 1 unspecified atom stereocenters. The molecule has 1 aliphatic rings. The van der Waals surface area contributed by atoms with E-state index in [0.717, 1.165) is 0 Å². The minimum absolute atomic E-state index is 0.0171. The predicted molar refractivity (Wildman–Crippen MR) is 122 cm³/mol. The van der Waals surface area contributed by atoms with Gasteiger partial charge in [-0.15, -0.1) is 0 Å². The average Bonchev–Trinajstić information content (AvgIpc) is 2.91. The third kappa shape index (κ3) is 9.25. The van der Waals surface area contributed by atoms with E-state index in [1.165, 1.54) is 14.0 Å². The first kappa shape index (κ1) is 28.8. The van der Waals surface area contributed by atoms with E-state index in [1.807, 2.05) is 27.7 Å². The lowest BCUT2D eigenvalue weighted by Crippen LogP contribution is -2.49. The topological polar surface area (TPSA) is 162 Å². The van der Waals surface area contributed by atoms with Crippen LogP contribution in [0.15, 0.2) is 0 Å². The van der Waals surface area contributed by atoms with Gasteiger partial charge in [-0.3, -0.25) is 33.4 Å². The number of likely N-dealkylation sites (N-methyl/N-ethyl adjacent to an activating group) is 1. The molecule has 5 amide bonds. The maximum Gasteiger partial charge on any atom is 0.252 e. The van der Waals surface area contributed by atoms with E-state index in [9.17, 15) is 33.4 Å². The standard InChI is InChI=1S/C21H37N4O7P/c1-12(2)7-15(19(28)24-16(8-13(3)4)20(29)22-6)10-33(31,32)11-25-18(27)9-17(21(25)30)23-14(5)26/h12-13,15-17H,7-11H2,1-6H3,(H,22,29)(H,23,26)(H,24,28)(H,31,32)/t15-,16+,17-/m1/s1. The molecule has 12 heteroatoms. The molecule has 1 rings (SSSR count). The van der Waals surface area contributed by atoms with Gasteiger partial charge in [0.25, 0.3) is 5.91 Å². The van der Waals surface area contributed by atoms with Gasteiger partial charge >= 0.3 is 0 Å². The molecule has 0 saturated carbocycles. The van der Waals surface area contributed by atoms with Crippen molar-refractivity contribution < 1.29 is 33.4 Å². The van der Waals surface area contributed by atoms with Crippen molar-refractivity contribution in [2.45, 2.75) is 66.0 Å². The van der Waals surface area contributed by atoms with E-state index in [-0.39, 0.29) is 30.6 Å². The number of rotatable bonds is 12. The van der Waals surface area contributed by atoms with Crippen LogP contribution in [0.5, 0.6) is 0 Å². The van der Waals surface area contributed by atoms with Crippen LogP contribution in [0.25, 0.3) is 0 Å². The van der Waals surface area contributed by atoms with Crippen molar-refractivity contribution in [1.29, 1.82) is 0 Å². The van der Waals surface area contributed by atoms with Gasteiger partial charge in [0, 0.05) is 26.1 Å². The quantitative estimate of drug-likeness (QED) is 0.228. The highest BCUT2D eigenvalue weighted by Crippen LogP contribution is 2.45. The molecule has 1 saturated heterocycles. The zero-order valence-electron chi connectivity index (χ0n) is 20.2. The fourth-order valence-electron chi connectivity index (χ4n) is 3.81. The average molecular weight is 489 g/mol. The van der Waals surface area contributed by atoms with Crippen LogP contribution >= 0.6 is 7.37 Å². The van der Waals surface area contributed by atoms with E-state index >= 15 is 0 Å². The first-order chi connectivity index (χ1) is 15.2. The third-order valence-electron chi connectivity index (χ3n) is 5.20. The summed E-state index contributed by atoms with van der Waals surface area (Å²) in [4.78, 5) is 72.3. The lowest BCUT2D eigenvalue weighted by molar-refractivity contribution is -0.138. The molecule has 11 nitrogen and oxygen atoms in total. The summed E-state index contributed by atoms with van der Waals surface area (Å²) in [7, 11) is -2.67. The number of hydrogen-bond acceptors (Lipinski definition) is 6. The van der Waals surface area contributed by atoms with Crippen LogP contribution in [-0.4, -0.2) is 70.9 Å². The molecule has 0 aliphatic carbocycles.